The number of anilines is 2. The van der Waals surface area contributed by atoms with Crippen LogP contribution in [-0.2, 0) is 12.0 Å². The predicted octanol–water partition coefficient (Wildman–Crippen LogP) is 2.74. The summed E-state index contributed by atoms with van der Waals surface area (Å²) in [5.74, 6) is 1.04. The lowest BCUT2D eigenvalue weighted by Crippen LogP contribution is -2.13. The molecule has 0 atom stereocenters. The van der Waals surface area contributed by atoms with E-state index in [0.717, 1.165) is 16.5 Å². The highest BCUT2D eigenvalue weighted by Gasteiger charge is 2.19. The van der Waals surface area contributed by atoms with Gasteiger partial charge in [0.25, 0.3) is 0 Å². The first-order valence-electron chi connectivity index (χ1n) is 6.01. The van der Waals surface area contributed by atoms with Gasteiger partial charge in [0.15, 0.2) is 0 Å². The molecule has 0 aliphatic carbocycles. The van der Waals surface area contributed by atoms with E-state index in [9.17, 15) is 5.11 Å². The summed E-state index contributed by atoms with van der Waals surface area (Å²) < 4.78 is 4.32. The molecule has 1 heterocycles. The molecular weight excluding hydrogens is 260 g/mol. The maximum Gasteiger partial charge on any atom is 0.202 e. The fourth-order valence-corrected chi connectivity index (χ4v) is 2.27. The van der Waals surface area contributed by atoms with Crippen molar-refractivity contribution in [2.45, 2.75) is 32.7 Å². The van der Waals surface area contributed by atoms with E-state index >= 15 is 0 Å². The zero-order valence-corrected chi connectivity index (χ0v) is 12.1. The molecule has 0 saturated heterocycles. The van der Waals surface area contributed by atoms with E-state index in [0.29, 0.717) is 12.2 Å². The summed E-state index contributed by atoms with van der Waals surface area (Å²) in [6, 6.07) is 5.00. The van der Waals surface area contributed by atoms with Crippen LogP contribution in [0.4, 0.5) is 10.8 Å². The van der Waals surface area contributed by atoms with Crippen molar-refractivity contribution in [2.24, 2.45) is 0 Å². The van der Waals surface area contributed by atoms with Gasteiger partial charge < -0.3 is 16.2 Å². The second kappa shape index (κ2) is 5.05. The molecule has 19 heavy (non-hydrogen) atoms. The lowest BCUT2D eigenvalue weighted by Gasteiger charge is -2.12. The van der Waals surface area contributed by atoms with Gasteiger partial charge in [0.05, 0.1) is 0 Å². The highest BCUT2D eigenvalue weighted by Crippen LogP contribution is 2.25. The van der Waals surface area contributed by atoms with E-state index < -0.39 is 0 Å². The zero-order chi connectivity index (χ0) is 14.0. The Bertz CT molecular complexity index is 574. The molecule has 2 rings (SSSR count). The van der Waals surface area contributed by atoms with Gasteiger partial charge in [0.1, 0.15) is 11.6 Å². The van der Waals surface area contributed by atoms with E-state index in [1.165, 1.54) is 11.5 Å². The number of rotatable bonds is 3. The Kier molecular flexibility index (Phi) is 3.61. The molecule has 102 valence electrons. The average molecular weight is 278 g/mol. The molecule has 1 aromatic carbocycles. The van der Waals surface area contributed by atoms with Gasteiger partial charge in [-0.3, -0.25) is 0 Å². The van der Waals surface area contributed by atoms with Crippen LogP contribution in [0.1, 0.15) is 32.2 Å². The largest absolute Gasteiger partial charge is 0.508 e. The van der Waals surface area contributed by atoms with E-state index in [-0.39, 0.29) is 11.2 Å². The van der Waals surface area contributed by atoms with Gasteiger partial charge in [-0.05, 0) is 18.2 Å². The van der Waals surface area contributed by atoms with Crippen molar-refractivity contribution in [3.05, 3.63) is 29.6 Å². The minimum Gasteiger partial charge on any atom is -0.508 e. The number of benzene rings is 1. The van der Waals surface area contributed by atoms with Crippen molar-refractivity contribution in [3.63, 3.8) is 0 Å². The van der Waals surface area contributed by atoms with Crippen LogP contribution in [0.5, 0.6) is 5.75 Å². The lowest BCUT2D eigenvalue weighted by atomic mass is 9.96. The molecule has 6 heteroatoms. The maximum absolute atomic E-state index is 9.72. The second-order valence-electron chi connectivity index (χ2n) is 5.41. The first-order chi connectivity index (χ1) is 8.86. The van der Waals surface area contributed by atoms with E-state index in [1.807, 2.05) is 0 Å². The number of phenolic OH excluding ortho intramolecular Hbond substituents is 1. The quantitative estimate of drug-likeness (QED) is 0.594. The van der Waals surface area contributed by atoms with Crippen molar-refractivity contribution >= 4 is 22.4 Å². The van der Waals surface area contributed by atoms with Crippen molar-refractivity contribution in [1.29, 1.82) is 0 Å². The summed E-state index contributed by atoms with van der Waals surface area (Å²) in [7, 11) is 0. The van der Waals surface area contributed by atoms with Gasteiger partial charge in [-0.25, -0.2) is 4.98 Å². The third-order valence-corrected chi connectivity index (χ3v) is 3.30. The molecule has 0 aliphatic rings. The topological polar surface area (TPSA) is 84.1 Å². The molecule has 0 saturated carbocycles. The fraction of sp³-hybridized carbons (Fsp3) is 0.385. The van der Waals surface area contributed by atoms with Crippen LogP contribution in [0.3, 0.4) is 0 Å². The smallest absolute Gasteiger partial charge is 0.202 e. The summed E-state index contributed by atoms with van der Waals surface area (Å²) in [6.45, 7) is 6.68. The average Bonchev–Trinajstić information content (AvgIpc) is 2.79. The van der Waals surface area contributed by atoms with E-state index in [2.05, 4.69) is 35.4 Å². The van der Waals surface area contributed by atoms with Crippen LogP contribution in [-0.4, -0.2) is 14.5 Å². The first-order valence-corrected chi connectivity index (χ1v) is 6.79. The Labute approximate surface area is 116 Å². The van der Waals surface area contributed by atoms with Gasteiger partial charge >= 0.3 is 0 Å². The molecule has 0 radical (unpaired) electrons. The van der Waals surface area contributed by atoms with Crippen molar-refractivity contribution < 1.29 is 5.11 Å². The van der Waals surface area contributed by atoms with Gasteiger partial charge in [0, 0.05) is 34.7 Å². The molecule has 2 aromatic rings. The lowest BCUT2D eigenvalue weighted by molar-refractivity contribution is 0.469. The van der Waals surface area contributed by atoms with Gasteiger partial charge in [-0.2, -0.15) is 4.37 Å². The van der Waals surface area contributed by atoms with Crippen LogP contribution >= 0.6 is 11.5 Å². The monoisotopic (exact) mass is 278 g/mol. The predicted molar refractivity (Wildman–Crippen MR) is 78.5 cm³/mol. The van der Waals surface area contributed by atoms with Crippen LogP contribution in [0, 0.1) is 0 Å². The van der Waals surface area contributed by atoms with E-state index in [1.54, 1.807) is 18.2 Å². The highest BCUT2D eigenvalue weighted by molar-refractivity contribution is 7.09. The summed E-state index contributed by atoms with van der Waals surface area (Å²) in [4.78, 5) is 4.43. The second-order valence-corrected chi connectivity index (χ2v) is 6.17. The number of hydrogen-bond acceptors (Lipinski definition) is 6. The number of aromatic nitrogens is 2. The third kappa shape index (κ3) is 3.35. The van der Waals surface area contributed by atoms with Crippen molar-refractivity contribution in [1.82, 2.24) is 9.36 Å². The van der Waals surface area contributed by atoms with Crippen molar-refractivity contribution in [3.8, 4) is 5.75 Å². The number of nitrogens with two attached hydrogens (primary N) is 1. The van der Waals surface area contributed by atoms with Crippen molar-refractivity contribution in [2.75, 3.05) is 11.1 Å². The van der Waals surface area contributed by atoms with Gasteiger partial charge in [-0.1, -0.05) is 20.8 Å². The van der Waals surface area contributed by atoms with Crippen LogP contribution in [0.2, 0.25) is 0 Å². The molecule has 0 aliphatic heterocycles. The van der Waals surface area contributed by atoms with Crippen LogP contribution in [0.15, 0.2) is 18.2 Å². The molecule has 0 fully saturated rings. The summed E-state index contributed by atoms with van der Waals surface area (Å²) >= 11 is 1.32. The number of nitrogen functional groups attached to an aromatic ring is 1. The Morgan fingerprint density at radius 3 is 2.74 bits per heavy atom. The Morgan fingerprint density at radius 2 is 2.11 bits per heavy atom. The molecule has 4 N–H and O–H groups in total. The molecule has 0 spiro atoms. The number of aromatic hydroxyl groups is 1. The Balaban J connectivity index is 2.06. The van der Waals surface area contributed by atoms with Gasteiger partial charge in [0.2, 0.25) is 5.13 Å². The molecule has 0 unspecified atom stereocenters. The number of hydrogen-bond donors (Lipinski definition) is 3. The van der Waals surface area contributed by atoms with E-state index in [4.69, 9.17) is 5.73 Å². The Hall–Kier alpha value is -1.82. The molecule has 0 bridgehead atoms. The third-order valence-electron chi connectivity index (χ3n) is 2.63. The summed E-state index contributed by atoms with van der Waals surface area (Å²) in [5, 5.41) is 13.6. The standard InChI is InChI=1S/C13H18N4OS/c1-13(2,3)11-16-12(19-17-11)15-7-8-6-9(14)4-5-10(8)18/h4-6,18H,7,14H2,1-3H3,(H,15,16,17). The normalized spacial score (nSPS) is 11.5. The fourth-order valence-electron chi connectivity index (χ4n) is 1.52. The summed E-state index contributed by atoms with van der Waals surface area (Å²) in [6.07, 6.45) is 0. The summed E-state index contributed by atoms with van der Waals surface area (Å²) in [5.41, 5.74) is 7.00. The highest BCUT2D eigenvalue weighted by atomic mass is 32.1. The minimum atomic E-state index is -0.0598. The SMILES string of the molecule is CC(C)(C)c1nsc(NCc2cc(N)ccc2O)n1. The molecular formula is C13H18N4OS. The molecule has 1 aromatic heterocycles. The molecule has 0 amide bonds. The molecule has 5 nitrogen and oxygen atoms in total. The first kappa shape index (κ1) is 13.6. The minimum absolute atomic E-state index is 0.0598. The Morgan fingerprint density at radius 1 is 1.37 bits per heavy atom. The maximum atomic E-state index is 9.72. The van der Waals surface area contributed by atoms with Crippen LogP contribution in [0.25, 0.3) is 0 Å². The number of phenols is 1. The number of nitrogens with one attached hydrogen (secondary N) is 1. The zero-order valence-electron chi connectivity index (χ0n) is 11.3. The van der Waals surface area contributed by atoms with Crippen LogP contribution < -0.4 is 11.1 Å². The number of nitrogens with zero attached hydrogens (tertiary/aromatic N) is 2. The van der Waals surface area contributed by atoms with Gasteiger partial charge in [-0.15, -0.1) is 0 Å².